The van der Waals surface area contributed by atoms with Crippen molar-refractivity contribution in [3.8, 4) is 0 Å². The van der Waals surface area contributed by atoms with Crippen molar-refractivity contribution in [1.82, 2.24) is 4.90 Å². The van der Waals surface area contributed by atoms with E-state index in [1.165, 1.54) is 11.1 Å². The lowest BCUT2D eigenvalue weighted by atomic mass is 9.99. The van der Waals surface area contributed by atoms with Gasteiger partial charge in [0.05, 0.1) is 6.04 Å². The Morgan fingerprint density at radius 2 is 1.95 bits per heavy atom. The fraction of sp³-hybridized carbons (Fsp3) is 0.278. The maximum absolute atomic E-state index is 12.4. The number of hydrogen-bond acceptors (Lipinski definition) is 2. The number of carbonyl (C=O) groups excluding carboxylic acids is 1. The van der Waals surface area contributed by atoms with E-state index in [9.17, 15) is 4.79 Å². The zero-order chi connectivity index (χ0) is 15.5. The van der Waals surface area contributed by atoms with Gasteiger partial charge in [0.1, 0.15) is 0 Å². The van der Waals surface area contributed by atoms with Gasteiger partial charge in [-0.3, -0.25) is 9.69 Å². The van der Waals surface area contributed by atoms with Gasteiger partial charge in [-0.15, -0.1) is 0 Å². The summed E-state index contributed by atoms with van der Waals surface area (Å²) in [5.74, 6) is 0.00153. The van der Waals surface area contributed by atoms with Crippen LogP contribution in [0.5, 0.6) is 0 Å². The number of amides is 1. The third-order valence-corrected chi connectivity index (χ3v) is 4.41. The van der Waals surface area contributed by atoms with E-state index in [0.717, 1.165) is 25.2 Å². The van der Waals surface area contributed by atoms with Crippen molar-refractivity contribution in [1.29, 1.82) is 0 Å². The van der Waals surface area contributed by atoms with Gasteiger partial charge < -0.3 is 5.32 Å². The van der Waals surface area contributed by atoms with Crippen molar-refractivity contribution >= 4 is 23.2 Å². The van der Waals surface area contributed by atoms with Crippen LogP contribution in [0.4, 0.5) is 5.69 Å². The predicted molar refractivity (Wildman–Crippen MR) is 90.1 cm³/mol. The fourth-order valence-corrected chi connectivity index (χ4v) is 3.02. The Balaban J connectivity index is 1.67. The molecule has 4 heteroatoms. The van der Waals surface area contributed by atoms with Crippen molar-refractivity contribution in [3.63, 3.8) is 0 Å². The van der Waals surface area contributed by atoms with Gasteiger partial charge in [-0.05, 0) is 42.7 Å². The number of rotatable bonds is 3. The summed E-state index contributed by atoms with van der Waals surface area (Å²) in [5, 5.41) is 3.56. The van der Waals surface area contributed by atoms with Gasteiger partial charge in [-0.2, -0.15) is 0 Å². The topological polar surface area (TPSA) is 32.3 Å². The number of nitrogens with zero attached hydrogens (tertiary/aromatic N) is 1. The lowest BCUT2D eigenvalue weighted by molar-refractivity contribution is -0.121. The van der Waals surface area contributed by atoms with Crippen molar-refractivity contribution in [2.24, 2.45) is 0 Å². The molecule has 0 bridgehead atoms. The highest BCUT2D eigenvalue weighted by molar-refractivity contribution is 6.30. The van der Waals surface area contributed by atoms with E-state index in [1.807, 2.05) is 19.1 Å². The highest BCUT2D eigenvalue weighted by atomic mass is 35.5. The van der Waals surface area contributed by atoms with Gasteiger partial charge in [0.25, 0.3) is 0 Å². The molecule has 1 N–H and O–H groups in total. The second-order valence-corrected chi connectivity index (χ2v) is 6.10. The van der Waals surface area contributed by atoms with E-state index in [2.05, 4.69) is 34.5 Å². The highest BCUT2D eigenvalue weighted by Crippen LogP contribution is 2.21. The maximum atomic E-state index is 12.4. The van der Waals surface area contributed by atoms with E-state index in [-0.39, 0.29) is 11.9 Å². The summed E-state index contributed by atoms with van der Waals surface area (Å²) in [6.45, 7) is 3.68. The van der Waals surface area contributed by atoms with E-state index in [4.69, 9.17) is 11.6 Å². The van der Waals surface area contributed by atoms with Crippen molar-refractivity contribution in [2.45, 2.75) is 25.9 Å². The van der Waals surface area contributed by atoms with E-state index in [1.54, 1.807) is 12.1 Å². The molecule has 0 saturated heterocycles. The molecule has 0 radical (unpaired) electrons. The summed E-state index contributed by atoms with van der Waals surface area (Å²) in [6, 6.07) is 15.5. The second-order valence-electron chi connectivity index (χ2n) is 5.66. The predicted octanol–water partition coefficient (Wildman–Crippen LogP) is 3.73. The first kappa shape index (κ1) is 15.1. The minimum Gasteiger partial charge on any atom is -0.325 e. The average molecular weight is 315 g/mol. The molecule has 0 spiro atoms. The molecule has 2 aromatic carbocycles. The first-order chi connectivity index (χ1) is 10.6. The van der Waals surface area contributed by atoms with Gasteiger partial charge in [-0.25, -0.2) is 0 Å². The molecular weight excluding hydrogens is 296 g/mol. The van der Waals surface area contributed by atoms with E-state index >= 15 is 0 Å². The largest absolute Gasteiger partial charge is 0.325 e. The Kier molecular flexibility index (Phi) is 4.46. The second kappa shape index (κ2) is 6.51. The molecule has 1 heterocycles. The monoisotopic (exact) mass is 314 g/mol. The third kappa shape index (κ3) is 3.32. The standard InChI is InChI=1S/C18H19ClN2O/c1-13(18(22)20-17-8-4-7-16(19)11-17)21-10-9-14-5-2-3-6-15(14)12-21/h2-8,11,13H,9-10,12H2,1H3,(H,20,22)/t13-/m0/s1. The summed E-state index contributed by atoms with van der Waals surface area (Å²) in [6.07, 6.45) is 0.991. The summed E-state index contributed by atoms with van der Waals surface area (Å²) >= 11 is 5.95. The van der Waals surface area contributed by atoms with Crippen LogP contribution in [0.15, 0.2) is 48.5 Å². The molecule has 1 atom stereocenters. The quantitative estimate of drug-likeness (QED) is 0.936. The lowest BCUT2D eigenvalue weighted by Crippen LogP contribution is -2.44. The molecule has 1 aliphatic rings. The van der Waals surface area contributed by atoms with Crippen LogP contribution in [0.1, 0.15) is 18.1 Å². The van der Waals surface area contributed by atoms with Gasteiger partial charge in [0, 0.05) is 23.8 Å². The first-order valence-corrected chi connectivity index (χ1v) is 7.88. The fourth-order valence-electron chi connectivity index (χ4n) is 2.83. The minimum atomic E-state index is -0.174. The molecule has 3 rings (SSSR count). The molecule has 0 aromatic heterocycles. The molecule has 2 aromatic rings. The minimum absolute atomic E-state index is 0.00153. The summed E-state index contributed by atoms with van der Waals surface area (Å²) in [5.41, 5.74) is 3.44. The molecule has 1 amide bonds. The molecular formula is C18H19ClN2O. The Bertz CT molecular complexity index is 686. The smallest absolute Gasteiger partial charge is 0.241 e. The molecule has 0 saturated carbocycles. The van der Waals surface area contributed by atoms with Crippen LogP contribution in [0, 0.1) is 0 Å². The van der Waals surface area contributed by atoms with Crippen molar-refractivity contribution in [3.05, 3.63) is 64.7 Å². The highest BCUT2D eigenvalue weighted by Gasteiger charge is 2.25. The molecule has 0 unspecified atom stereocenters. The Morgan fingerprint density at radius 3 is 2.73 bits per heavy atom. The molecule has 0 aliphatic carbocycles. The van der Waals surface area contributed by atoms with Crippen LogP contribution in [0.2, 0.25) is 5.02 Å². The van der Waals surface area contributed by atoms with Crippen LogP contribution in [0.3, 0.4) is 0 Å². The van der Waals surface area contributed by atoms with Gasteiger partial charge in [0.2, 0.25) is 5.91 Å². The van der Waals surface area contributed by atoms with Crippen LogP contribution in [0.25, 0.3) is 0 Å². The SMILES string of the molecule is C[C@@H](C(=O)Nc1cccc(Cl)c1)N1CCc2ccccc2C1. The average Bonchev–Trinajstić information content (AvgIpc) is 2.53. The van der Waals surface area contributed by atoms with Gasteiger partial charge in [0.15, 0.2) is 0 Å². The normalized spacial score (nSPS) is 15.9. The summed E-state index contributed by atoms with van der Waals surface area (Å²) in [4.78, 5) is 14.6. The first-order valence-electron chi connectivity index (χ1n) is 7.51. The molecule has 1 aliphatic heterocycles. The summed E-state index contributed by atoms with van der Waals surface area (Å²) < 4.78 is 0. The Morgan fingerprint density at radius 1 is 1.18 bits per heavy atom. The van der Waals surface area contributed by atoms with Gasteiger partial charge >= 0.3 is 0 Å². The molecule has 0 fully saturated rings. The van der Waals surface area contributed by atoms with Crippen LogP contribution < -0.4 is 5.32 Å². The van der Waals surface area contributed by atoms with Crippen LogP contribution in [-0.4, -0.2) is 23.4 Å². The summed E-state index contributed by atoms with van der Waals surface area (Å²) in [7, 11) is 0. The van der Waals surface area contributed by atoms with Crippen molar-refractivity contribution in [2.75, 3.05) is 11.9 Å². The van der Waals surface area contributed by atoms with Crippen LogP contribution >= 0.6 is 11.6 Å². The molecule has 3 nitrogen and oxygen atoms in total. The number of nitrogens with one attached hydrogen (secondary N) is 1. The zero-order valence-corrected chi connectivity index (χ0v) is 13.3. The van der Waals surface area contributed by atoms with Crippen molar-refractivity contribution < 1.29 is 4.79 Å². The number of anilines is 1. The van der Waals surface area contributed by atoms with E-state index < -0.39 is 0 Å². The number of halogens is 1. The van der Waals surface area contributed by atoms with Gasteiger partial charge in [-0.1, -0.05) is 41.9 Å². The van der Waals surface area contributed by atoms with E-state index in [0.29, 0.717) is 5.02 Å². The lowest BCUT2D eigenvalue weighted by Gasteiger charge is -2.32. The Labute approximate surface area is 135 Å². The number of fused-ring (bicyclic) bond motifs is 1. The number of benzene rings is 2. The molecule has 114 valence electrons. The Hall–Kier alpha value is -1.84. The number of hydrogen-bond donors (Lipinski definition) is 1. The third-order valence-electron chi connectivity index (χ3n) is 4.18. The zero-order valence-electron chi connectivity index (χ0n) is 12.6. The molecule has 22 heavy (non-hydrogen) atoms. The number of carbonyl (C=O) groups is 1. The van der Waals surface area contributed by atoms with Crippen LogP contribution in [-0.2, 0) is 17.8 Å². The maximum Gasteiger partial charge on any atom is 0.241 e.